The third-order valence-corrected chi connectivity index (χ3v) is 4.54. The van der Waals surface area contributed by atoms with Crippen LogP contribution in [0.2, 0.25) is 0 Å². The lowest BCUT2D eigenvalue weighted by Crippen LogP contribution is -2.22. The van der Waals surface area contributed by atoms with Crippen LogP contribution in [0.25, 0.3) is 11.4 Å². The fraction of sp³-hybridized carbons (Fsp3) is 0.550. The molecular weight excluding hydrogens is 346 g/mol. The van der Waals surface area contributed by atoms with E-state index in [9.17, 15) is 4.79 Å². The SMILES string of the molecule is CCCCCCCCCC(=O)NCc1nc(-c2ccc3c(c2)OCO3)no1. The summed E-state index contributed by atoms with van der Waals surface area (Å²) in [5, 5.41) is 6.80. The molecule has 2 heterocycles. The van der Waals surface area contributed by atoms with Crippen molar-refractivity contribution < 1.29 is 18.8 Å². The van der Waals surface area contributed by atoms with Crippen molar-refractivity contribution >= 4 is 5.91 Å². The van der Waals surface area contributed by atoms with E-state index in [2.05, 4.69) is 22.4 Å². The average molecular weight is 373 g/mol. The Kier molecular flexibility index (Phi) is 7.07. The summed E-state index contributed by atoms with van der Waals surface area (Å²) in [6.07, 6.45) is 8.89. The van der Waals surface area contributed by atoms with Crippen LogP contribution in [0.3, 0.4) is 0 Å². The van der Waals surface area contributed by atoms with E-state index in [1.807, 2.05) is 18.2 Å². The summed E-state index contributed by atoms with van der Waals surface area (Å²) in [7, 11) is 0. The maximum absolute atomic E-state index is 11.9. The van der Waals surface area contributed by atoms with Gasteiger partial charge in [0, 0.05) is 12.0 Å². The van der Waals surface area contributed by atoms with Gasteiger partial charge in [-0.3, -0.25) is 4.79 Å². The molecule has 7 heteroatoms. The zero-order valence-electron chi connectivity index (χ0n) is 15.8. The van der Waals surface area contributed by atoms with E-state index in [1.54, 1.807) is 0 Å². The number of ether oxygens (including phenoxy) is 2. The number of nitrogens with zero attached hydrogens (tertiary/aromatic N) is 2. The first-order chi connectivity index (χ1) is 13.3. The molecule has 0 spiro atoms. The van der Waals surface area contributed by atoms with Gasteiger partial charge in [-0.25, -0.2) is 0 Å². The van der Waals surface area contributed by atoms with Gasteiger partial charge in [-0.1, -0.05) is 50.6 Å². The van der Waals surface area contributed by atoms with E-state index in [0.29, 0.717) is 29.6 Å². The van der Waals surface area contributed by atoms with Gasteiger partial charge in [0.15, 0.2) is 11.5 Å². The number of benzene rings is 1. The minimum atomic E-state index is 0.0198. The van der Waals surface area contributed by atoms with E-state index >= 15 is 0 Å². The maximum atomic E-state index is 11.9. The Balaban J connectivity index is 1.37. The van der Waals surface area contributed by atoms with Crippen molar-refractivity contribution in [1.29, 1.82) is 0 Å². The first kappa shape index (κ1) is 19.2. The summed E-state index contributed by atoms with van der Waals surface area (Å²) < 4.78 is 15.9. The van der Waals surface area contributed by atoms with E-state index in [4.69, 9.17) is 14.0 Å². The summed E-state index contributed by atoms with van der Waals surface area (Å²) in [6, 6.07) is 5.48. The molecule has 146 valence electrons. The van der Waals surface area contributed by atoms with Crippen LogP contribution in [0.4, 0.5) is 0 Å². The van der Waals surface area contributed by atoms with Gasteiger partial charge in [0.05, 0.1) is 6.54 Å². The van der Waals surface area contributed by atoms with E-state index in [0.717, 1.165) is 18.4 Å². The number of carbonyl (C=O) groups is 1. The number of rotatable bonds is 11. The van der Waals surface area contributed by atoms with Crippen molar-refractivity contribution in [2.24, 2.45) is 0 Å². The minimum Gasteiger partial charge on any atom is -0.454 e. The molecule has 1 amide bonds. The van der Waals surface area contributed by atoms with Gasteiger partial charge in [-0.05, 0) is 24.6 Å². The van der Waals surface area contributed by atoms with Gasteiger partial charge in [-0.15, -0.1) is 0 Å². The van der Waals surface area contributed by atoms with Crippen LogP contribution in [0.15, 0.2) is 22.7 Å². The summed E-state index contributed by atoms with van der Waals surface area (Å²) in [6.45, 7) is 2.68. The monoisotopic (exact) mass is 373 g/mol. The molecule has 0 aliphatic carbocycles. The van der Waals surface area contributed by atoms with Gasteiger partial charge >= 0.3 is 0 Å². The van der Waals surface area contributed by atoms with E-state index in [1.165, 1.54) is 32.1 Å². The number of carbonyl (C=O) groups excluding carboxylic acids is 1. The Morgan fingerprint density at radius 2 is 1.85 bits per heavy atom. The Morgan fingerprint density at radius 1 is 1.07 bits per heavy atom. The number of fused-ring (bicyclic) bond motifs is 1. The summed E-state index contributed by atoms with van der Waals surface area (Å²) in [4.78, 5) is 16.3. The molecular formula is C20H27N3O4. The van der Waals surface area contributed by atoms with E-state index in [-0.39, 0.29) is 19.2 Å². The zero-order chi connectivity index (χ0) is 18.9. The Labute approximate surface area is 159 Å². The number of amides is 1. The predicted octanol–water partition coefficient (Wildman–Crippen LogP) is 4.22. The fourth-order valence-corrected chi connectivity index (χ4v) is 2.98. The quantitative estimate of drug-likeness (QED) is 0.593. The van der Waals surface area contributed by atoms with Gasteiger partial charge in [0.1, 0.15) is 0 Å². The van der Waals surface area contributed by atoms with Crippen LogP contribution in [-0.4, -0.2) is 22.8 Å². The number of unbranched alkanes of at least 4 members (excludes halogenated alkanes) is 6. The molecule has 27 heavy (non-hydrogen) atoms. The van der Waals surface area contributed by atoms with Crippen LogP contribution < -0.4 is 14.8 Å². The second-order valence-corrected chi connectivity index (χ2v) is 6.73. The van der Waals surface area contributed by atoms with Crippen LogP contribution in [-0.2, 0) is 11.3 Å². The van der Waals surface area contributed by atoms with Crippen molar-refractivity contribution in [2.45, 2.75) is 64.8 Å². The molecule has 0 atom stereocenters. The molecule has 7 nitrogen and oxygen atoms in total. The summed E-state index contributed by atoms with van der Waals surface area (Å²) in [5.74, 6) is 2.24. The lowest BCUT2D eigenvalue weighted by molar-refractivity contribution is -0.121. The average Bonchev–Trinajstić information content (AvgIpc) is 3.34. The van der Waals surface area contributed by atoms with Gasteiger partial charge in [-0.2, -0.15) is 4.98 Å². The predicted molar refractivity (Wildman–Crippen MR) is 100 cm³/mol. The minimum absolute atomic E-state index is 0.0198. The van der Waals surface area contributed by atoms with E-state index < -0.39 is 0 Å². The molecule has 0 saturated carbocycles. The molecule has 1 aliphatic heterocycles. The number of hydrogen-bond acceptors (Lipinski definition) is 6. The zero-order valence-corrected chi connectivity index (χ0v) is 15.8. The Bertz CT molecular complexity index is 745. The molecule has 0 saturated heterocycles. The second-order valence-electron chi connectivity index (χ2n) is 6.73. The molecule has 2 aromatic rings. The highest BCUT2D eigenvalue weighted by molar-refractivity contribution is 5.75. The molecule has 0 bridgehead atoms. The van der Waals surface area contributed by atoms with Crippen LogP contribution in [0.1, 0.15) is 64.2 Å². The lowest BCUT2D eigenvalue weighted by atomic mass is 10.1. The first-order valence-electron chi connectivity index (χ1n) is 9.75. The highest BCUT2D eigenvalue weighted by Crippen LogP contribution is 2.35. The number of nitrogens with one attached hydrogen (secondary N) is 1. The number of aromatic nitrogens is 2. The van der Waals surface area contributed by atoms with Crippen molar-refractivity contribution in [3.8, 4) is 22.9 Å². The molecule has 0 fully saturated rings. The largest absolute Gasteiger partial charge is 0.454 e. The van der Waals surface area contributed by atoms with Gasteiger partial charge in [0.2, 0.25) is 24.4 Å². The van der Waals surface area contributed by atoms with Crippen molar-refractivity contribution in [2.75, 3.05) is 6.79 Å². The smallest absolute Gasteiger partial charge is 0.246 e. The fourth-order valence-electron chi connectivity index (χ4n) is 2.98. The van der Waals surface area contributed by atoms with Gasteiger partial charge in [0.25, 0.3) is 0 Å². The van der Waals surface area contributed by atoms with Crippen molar-refractivity contribution in [3.63, 3.8) is 0 Å². The summed E-state index contributed by atoms with van der Waals surface area (Å²) in [5.41, 5.74) is 0.781. The van der Waals surface area contributed by atoms with Crippen LogP contribution >= 0.6 is 0 Å². The van der Waals surface area contributed by atoms with Crippen molar-refractivity contribution in [1.82, 2.24) is 15.5 Å². The highest BCUT2D eigenvalue weighted by atomic mass is 16.7. The Hall–Kier alpha value is -2.57. The third-order valence-electron chi connectivity index (χ3n) is 4.54. The third kappa shape index (κ3) is 5.70. The molecule has 0 radical (unpaired) electrons. The molecule has 1 aromatic carbocycles. The Morgan fingerprint density at radius 3 is 2.70 bits per heavy atom. The maximum Gasteiger partial charge on any atom is 0.246 e. The first-order valence-corrected chi connectivity index (χ1v) is 9.75. The molecule has 1 aliphatic rings. The number of hydrogen-bond donors (Lipinski definition) is 1. The van der Waals surface area contributed by atoms with Crippen LogP contribution in [0, 0.1) is 0 Å². The molecule has 1 N–H and O–H groups in total. The summed E-state index contributed by atoms with van der Waals surface area (Å²) >= 11 is 0. The highest BCUT2D eigenvalue weighted by Gasteiger charge is 2.16. The standard InChI is InChI=1S/C20H27N3O4/c1-2-3-4-5-6-7-8-9-18(24)21-13-19-22-20(23-27-19)15-10-11-16-17(12-15)26-14-25-16/h10-12H,2-9,13-14H2,1H3,(H,21,24). The molecule has 3 rings (SSSR count). The normalized spacial score (nSPS) is 12.3. The van der Waals surface area contributed by atoms with Crippen molar-refractivity contribution in [3.05, 3.63) is 24.1 Å². The van der Waals surface area contributed by atoms with Gasteiger partial charge < -0.3 is 19.3 Å². The second kappa shape index (κ2) is 9.94. The lowest BCUT2D eigenvalue weighted by Gasteiger charge is -2.03. The molecule has 0 unspecified atom stereocenters. The molecule has 1 aromatic heterocycles. The topological polar surface area (TPSA) is 86.5 Å². The van der Waals surface area contributed by atoms with Crippen LogP contribution in [0.5, 0.6) is 11.5 Å².